The third-order valence-electron chi connectivity index (χ3n) is 6.22. The third-order valence-corrected chi connectivity index (χ3v) is 7.41. The molecule has 2 aromatic rings. The van der Waals surface area contributed by atoms with Crippen LogP contribution in [0.5, 0.6) is 0 Å². The van der Waals surface area contributed by atoms with Crippen LogP contribution < -0.4 is 9.62 Å². The van der Waals surface area contributed by atoms with Crippen molar-refractivity contribution in [2.75, 3.05) is 23.7 Å². The zero-order valence-electron chi connectivity index (χ0n) is 22.3. The lowest BCUT2D eigenvalue weighted by Crippen LogP contribution is -2.48. The number of carbonyl (C=O) groups excluding carboxylic acids is 2. The number of nitrogens with one attached hydrogen (secondary N) is 1. The molecule has 0 bridgehead atoms. The van der Waals surface area contributed by atoms with Gasteiger partial charge in [0.05, 0.1) is 11.9 Å². The van der Waals surface area contributed by atoms with E-state index < -0.39 is 16.1 Å². The van der Waals surface area contributed by atoms with E-state index in [-0.39, 0.29) is 24.8 Å². The fourth-order valence-electron chi connectivity index (χ4n) is 4.03. The second kappa shape index (κ2) is 14.0. The van der Waals surface area contributed by atoms with Gasteiger partial charge in [0.2, 0.25) is 21.8 Å². The lowest BCUT2D eigenvalue weighted by molar-refractivity contribution is -0.140. The summed E-state index contributed by atoms with van der Waals surface area (Å²) in [5, 5.41) is 2.92. The average molecular weight is 516 g/mol. The van der Waals surface area contributed by atoms with Gasteiger partial charge in [-0.25, -0.2) is 8.42 Å². The summed E-state index contributed by atoms with van der Waals surface area (Å²) in [5.74, 6) is -0.359. The second-order valence-corrected chi connectivity index (χ2v) is 11.2. The minimum absolute atomic E-state index is 0.136. The Morgan fingerprint density at radius 2 is 1.69 bits per heavy atom. The highest BCUT2D eigenvalue weighted by molar-refractivity contribution is 7.92. The van der Waals surface area contributed by atoms with Crippen molar-refractivity contribution in [1.82, 2.24) is 10.2 Å². The molecule has 1 N–H and O–H groups in total. The van der Waals surface area contributed by atoms with Gasteiger partial charge in [-0.15, -0.1) is 0 Å². The third kappa shape index (κ3) is 8.97. The number of amides is 2. The molecule has 2 rings (SSSR count). The molecule has 8 heteroatoms. The van der Waals surface area contributed by atoms with E-state index in [1.807, 2.05) is 50.2 Å². The molecule has 0 aliphatic carbocycles. The quantitative estimate of drug-likeness (QED) is 0.377. The summed E-state index contributed by atoms with van der Waals surface area (Å²) in [6.45, 7) is 8.91. The minimum atomic E-state index is -3.51. The van der Waals surface area contributed by atoms with Gasteiger partial charge in [0.25, 0.3) is 0 Å². The van der Waals surface area contributed by atoms with Gasteiger partial charge >= 0.3 is 0 Å². The molecule has 0 aliphatic heterocycles. The smallest absolute Gasteiger partial charge is 0.242 e. The molecule has 36 heavy (non-hydrogen) atoms. The largest absolute Gasteiger partial charge is 0.354 e. The molecule has 7 nitrogen and oxygen atoms in total. The van der Waals surface area contributed by atoms with Crippen molar-refractivity contribution in [2.24, 2.45) is 0 Å². The normalized spacial score (nSPS) is 12.1. The number of nitrogens with zero attached hydrogens (tertiary/aromatic N) is 2. The van der Waals surface area contributed by atoms with Crippen molar-refractivity contribution in [3.8, 4) is 0 Å². The first kappa shape index (κ1) is 29.4. The van der Waals surface area contributed by atoms with Crippen molar-refractivity contribution < 1.29 is 18.0 Å². The number of hydrogen-bond acceptors (Lipinski definition) is 4. The number of unbranched alkanes of at least 4 members (excludes halogenated alkanes) is 1. The first-order valence-electron chi connectivity index (χ1n) is 12.8. The number of rotatable bonds is 14. The number of sulfonamides is 1. The fraction of sp³-hybridized carbons (Fsp3) is 0.500. The molecular weight excluding hydrogens is 474 g/mol. The molecule has 2 aromatic carbocycles. The molecule has 0 saturated carbocycles. The van der Waals surface area contributed by atoms with E-state index in [1.165, 1.54) is 10.6 Å². The predicted octanol–water partition coefficient (Wildman–Crippen LogP) is 4.44. The molecule has 0 radical (unpaired) electrons. The van der Waals surface area contributed by atoms with Gasteiger partial charge in [-0.1, -0.05) is 62.2 Å². The number of benzene rings is 2. The summed E-state index contributed by atoms with van der Waals surface area (Å²) in [6.07, 6.45) is 4.38. The standard InChI is InChI=1S/C28H41N3O4S/c1-6-8-18-29-28(33)23(4)30(21-25-12-9-11-22(3)20-25)27(32)13-10-19-31(36(5,34)35)26-16-14-24(7-2)15-17-26/h9,11-12,14-17,20,23H,6-8,10,13,18-19,21H2,1-5H3,(H,29,33). The molecule has 1 unspecified atom stereocenters. The zero-order chi connectivity index (χ0) is 26.7. The molecule has 0 aromatic heterocycles. The predicted molar refractivity (Wildman–Crippen MR) is 146 cm³/mol. The Bertz CT molecular complexity index is 1100. The van der Waals surface area contributed by atoms with E-state index in [0.29, 0.717) is 25.2 Å². The summed E-state index contributed by atoms with van der Waals surface area (Å²) in [6, 6.07) is 14.7. The highest BCUT2D eigenvalue weighted by Gasteiger charge is 2.26. The Kier molecular flexibility index (Phi) is 11.4. The summed E-state index contributed by atoms with van der Waals surface area (Å²) in [7, 11) is -3.51. The van der Waals surface area contributed by atoms with Gasteiger partial charge in [-0.3, -0.25) is 13.9 Å². The van der Waals surface area contributed by atoms with Crippen molar-refractivity contribution in [2.45, 2.75) is 72.4 Å². The molecule has 0 aliphatic rings. The maximum absolute atomic E-state index is 13.3. The fourth-order valence-corrected chi connectivity index (χ4v) is 4.99. The molecule has 0 spiro atoms. The Morgan fingerprint density at radius 3 is 2.28 bits per heavy atom. The Morgan fingerprint density at radius 1 is 1.00 bits per heavy atom. The van der Waals surface area contributed by atoms with Crippen LogP contribution in [0.1, 0.15) is 63.1 Å². The van der Waals surface area contributed by atoms with E-state index in [4.69, 9.17) is 0 Å². The van der Waals surface area contributed by atoms with Crippen LogP contribution >= 0.6 is 0 Å². The number of aryl methyl sites for hydroxylation is 2. The van der Waals surface area contributed by atoms with Crippen molar-refractivity contribution in [3.63, 3.8) is 0 Å². The van der Waals surface area contributed by atoms with Crippen LogP contribution in [0.2, 0.25) is 0 Å². The lowest BCUT2D eigenvalue weighted by Gasteiger charge is -2.29. The highest BCUT2D eigenvalue weighted by Crippen LogP contribution is 2.20. The molecule has 0 heterocycles. The summed E-state index contributed by atoms with van der Waals surface area (Å²) >= 11 is 0. The van der Waals surface area contributed by atoms with Crippen LogP contribution in [0, 0.1) is 6.92 Å². The SMILES string of the molecule is CCCCNC(=O)C(C)N(Cc1cccc(C)c1)C(=O)CCCN(c1ccc(CC)cc1)S(C)(=O)=O. The molecule has 198 valence electrons. The van der Waals surface area contributed by atoms with Crippen LogP contribution in [0.4, 0.5) is 5.69 Å². The van der Waals surface area contributed by atoms with Crippen LogP contribution in [-0.2, 0) is 32.6 Å². The molecule has 2 amide bonds. The van der Waals surface area contributed by atoms with Crippen LogP contribution in [0.25, 0.3) is 0 Å². The van der Waals surface area contributed by atoms with Crippen molar-refractivity contribution in [3.05, 3.63) is 65.2 Å². The maximum Gasteiger partial charge on any atom is 0.242 e. The Labute approximate surface area is 216 Å². The lowest BCUT2D eigenvalue weighted by atomic mass is 10.1. The summed E-state index contributed by atoms with van der Waals surface area (Å²) < 4.78 is 26.3. The Hall–Kier alpha value is -2.87. The first-order valence-corrected chi connectivity index (χ1v) is 14.6. The number of anilines is 1. The van der Waals surface area contributed by atoms with E-state index in [9.17, 15) is 18.0 Å². The van der Waals surface area contributed by atoms with Crippen molar-refractivity contribution >= 4 is 27.5 Å². The molecular formula is C28H41N3O4S. The van der Waals surface area contributed by atoms with Gasteiger partial charge in [0.1, 0.15) is 6.04 Å². The van der Waals surface area contributed by atoms with Gasteiger partial charge < -0.3 is 10.2 Å². The van der Waals surface area contributed by atoms with Crippen LogP contribution in [0.3, 0.4) is 0 Å². The minimum Gasteiger partial charge on any atom is -0.354 e. The van der Waals surface area contributed by atoms with Gasteiger partial charge in [0.15, 0.2) is 0 Å². The average Bonchev–Trinajstić information content (AvgIpc) is 2.84. The topological polar surface area (TPSA) is 86.8 Å². The van der Waals surface area contributed by atoms with Crippen LogP contribution in [0.15, 0.2) is 48.5 Å². The zero-order valence-corrected chi connectivity index (χ0v) is 23.1. The summed E-state index contributed by atoms with van der Waals surface area (Å²) in [5.41, 5.74) is 3.74. The number of carbonyl (C=O) groups is 2. The first-order chi connectivity index (χ1) is 17.1. The summed E-state index contributed by atoms with van der Waals surface area (Å²) in [4.78, 5) is 27.7. The van der Waals surface area contributed by atoms with Crippen molar-refractivity contribution in [1.29, 1.82) is 0 Å². The maximum atomic E-state index is 13.3. The van der Waals surface area contributed by atoms with E-state index in [0.717, 1.165) is 36.0 Å². The Balaban J connectivity index is 2.14. The molecule has 0 saturated heterocycles. The highest BCUT2D eigenvalue weighted by atomic mass is 32.2. The van der Waals surface area contributed by atoms with Gasteiger partial charge in [-0.05, 0) is 56.4 Å². The van der Waals surface area contributed by atoms with E-state index >= 15 is 0 Å². The number of hydrogen-bond donors (Lipinski definition) is 1. The molecule has 1 atom stereocenters. The van der Waals surface area contributed by atoms with Crippen LogP contribution in [-0.4, -0.2) is 50.5 Å². The van der Waals surface area contributed by atoms with Gasteiger partial charge in [0, 0.05) is 26.1 Å². The second-order valence-electron chi connectivity index (χ2n) is 9.29. The monoisotopic (exact) mass is 515 g/mol. The van der Waals surface area contributed by atoms with E-state index in [2.05, 4.69) is 12.2 Å². The molecule has 0 fully saturated rings. The van der Waals surface area contributed by atoms with E-state index in [1.54, 1.807) is 24.0 Å². The van der Waals surface area contributed by atoms with Gasteiger partial charge in [-0.2, -0.15) is 0 Å².